The van der Waals surface area contributed by atoms with Crippen LogP contribution in [0, 0.1) is 11.8 Å². The summed E-state index contributed by atoms with van der Waals surface area (Å²) in [7, 11) is -2.90. The van der Waals surface area contributed by atoms with Gasteiger partial charge < -0.3 is 0 Å². The van der Waals surface area contributed by atoms with E-state index >= 15 is 0 Å². The van der Waals surface area contributed by atoms with Gasteiger partial charge in [0.15, 0.2) is 0 Å². The first-order valence-corrected chi connectivity index (χ1v) is 7.01. The molecule has 0 amide bonds. The Kier molecular flexibility index (Phi) is 2.60. The van der Waals surface area contributed by atoms with Crippen molar-refractivity contribution in [3.8, 4) is 0 Å². The van der Waals surface area contributed by atoms with Crippen LogP contribution in [0.4, 0.5) is 0 Å². The second kappa shape index (κ2) is 3.49. The Hall–Kier alpha value is -0.0900. The van der Waals surface area contributed by atoms with Crippen molar-refractivity contribution in [1.82, 2.24) is 4.31 Å². The van der Waals surface area contributed by atoms with Crippen molar-refractivity contribution in [3.05, 3.63) is 0 Å². The Labute approximate surface area is 86.5 Å². The van der Waals surface area contributed by atoms with E-state index in [-0.39, 0.29) is 5.25 Å². The molecule has 0 unspecified atom stereocenters. The highest BCUT2D eigenvalue weighted by Gasteiger charge is 2.42. The van der Waals surface area contributed by atoms with Gasteiger partial charge in [-0.2, -0.15) is 0 Å². The van der Waals surface area contributed by atoms with Gasteiger partial charge in [0.1, 0.15) is 0 Å². The van der Waals surface area contributed by atoms with E-state index in [1.54, 1.807) is 4.31 Å². The second-order valence-electron chi connectivity index (χ2n) is 4.90. The lowest BCUT2D eigenvalue weighted by Gasteiger charge is -2.17. The normalized spacial score (nSPS) is 30.1. The van der Waals surface area contributed by atoms with E-state index in [1.807, 2.05) is 0 Å². The van der Waals surface area contributed by atoms with Gasteiger partial charge in [-0.25, -0.2) is 12.7 Å². The molecule has 2 fully saturated rings. The molecule has 1 aliphatic heterocycles. The van der Waals surface area contributed by atoms with Crippen LogP contribution in [-0.2, 0) is 10.0 Å². The van der Waals surface area contributed by atoms with Crippen molar-refractivity contribution < 1.29 is 8.42 Å². The summed E-state index contributed by atoms with van der Waals surface area (Å²) in [6, 6.07) is 0. The molecule has 0 aromatic carbocycles. The second-order valence-corrected chi connectivity index (χ2v) is 7.11. The van der Waals surface area contributed by atoms with E-state index in [9.17, 15) is 8.42 Å². The molecule has 0 radical (unpaired) electrons. The summed E-state index contributed by atoms with van der Waals surface area (Å²) in [6.07, 6.45) is 2.81. The molecule has 1 saturated carbocycles. The molecule has 0 aromatic rings. The molecule has 1 saturated heterocycles. The molecular weight excluding hydrogens is 198 g/mol. The van der Waals surface area contributed by atoms with Crippen molar-refractivity contribution in [3.63, 3.8) is 0 Å². The molecule has 0 aromatic heterocycles. The molecule has 82 valence electrons. The molecule has 4 heteroatoms. The fraction of sp³-hybridized carbons (Fsp3) is 1.00. The smallest absolute Gasteiger partial charge is 0.212 e. The Morgan fingerprint density at radius 1 is 1.21 bits per heavy atom. The number of hydrogen-bond acceptors (Lipinski definition) is 2. The minimum Gasteiger partial charge on any atom is -0.212 e. The zero-order valence-electron chi connectivity index (χ0n) is 8.94. The average Bonchev–Trinajstić information content (AvgIpc) is 2.82. The van der Waals surface area contributed by atoms with Gasteiger partial charge >= 0.3 is 0 Å². The van der Waals surface area contributed by atoms with Crippen molar-refractivity contribution in [2.24, 2.45) is 11.8 Å². The first-order chi connectivity index (χ1) is 6.51. The van der Waals surface area contributed by atoms with Crippen molar-refractivity contribution >= 4 is 10.0 Å². The predicted molar refractivity (Wildman–Crippen MR) is 56.5 cm³/mol. The van der Waals surface area contributed by atoms with Gasteiger partial charge in [-0.3, -0.25) is 0 Å². The van der Waals surface area contributed by atoms with Crippen LogP contribution < -0.4 is 0 Å². The zero-order chi connectivity index (χ0) is 10.3. The van der Waals surface area contributed by atoms with E-state index in [4.69, 9.17) is 0 Å². The third-order valence-electron chi connectivity index (χ3n) is 3.44. The number of sulfonamides is 1. The average molecular weight is 217 g/mol. The predicted octanol–water partition coefficient (Wildman–Crippen LogP) is 1.46. The van der Waals surface area contributed by atoms with E-state index in [0.29, 0.717) is 11.8 Å². The summed E-state index contributed by atoms with van der Waals surface area (Å²) >= 11 is 0. The Bertz CT molecular complexity index is 306. The van der Waals surface area contributed by atoms with Crippen molar-refractivity contribution in [1.29, 1.82) is 0 Å². The fourth-order valence-corrected chi connectivity index (χ4v) is 4.02. The highest BCUT2D eigenvalue weighted by atomic mass is 32.2. The molecule has 1 aliphatic carbocycles. The standard InChI is InChI=1S/C10H19NO2S/c1-8(2)9-5-6-11(7-9)14(12,13)10-3-4-10/h8-10H,3-7H2,1-2H3/t9-/m1/s1. The summed E-state index contributed by atoms with van der Waals surface area (Å²) in [5.41, 5.74) is 0. The summed E-state index contributed by atoms with van der Waals surface area (Å²) in [5, 5.41) is -0.0339. The lowest BCUT2D eigenvalue weighted by Crippen LogP contribution is -2.32. The summed E-state index contributed by atoms with van der Waals surface area (Å²) in [4.78, 5) is 0. The van der Waals surface area contributed by atoms with Crippen LogP contribution in [0.5, 0.6) is 0 Å². The maximum absolute atomic E-state index is 11.9. The van der Waals surface area contributed by atoms with Crippen LogP contribution in [0.15, 0.2) is 0 Å². The van der Waals surface area contributed by atoms with Gasteiger partial charge in [0, 0.05) is 13.1 Å². The minimum atomic E-state index is -2.90. The van der Waals surface area contributed by atoms with Gasteiger partial charge in [-0.15, -0.1) is 0 Å². The van der Waals surface area contributed by atoms with E-state index in [2.05, 4.69) is 13.8 Å². The number of hydrogen-bond donors (Lipinski definition) is 0. The van der Waals surface area contributed by atoms with Gasteiger partial charge in [0.05, 0.1) is 5.25 Å². The van der Waals surface area contributed by atoms with Gasteiger partial charge in [-0.05, 0) is 31.1 Å². The van der Waals surface area contributed by atoms with Crippen LogP contribution in [0.25, 0.3) is 0 Å². The van der Waals surface area contributed by atoms with E-state index in [1.165, 1.54) is 0 Å². The molecular formula is C10H19NO2S. The Morgan fingerprint density at radius 2 is 1.86 bits per heavy atom. The third-order valence-corrected chi connectivity index (χ3v) is 5.80. The van der Waals surface area contributed by atoms with Crippen LogP contribution in [-0.4, -0.2) is 31.1 Å². The van der Waals surface area contributed by atoms with Crippen molar-refractivity contribution in [2.45, 2.75) is 38.4 Å². The summed E-state index contributed by atoms with van der Waals surface area (Å²) < 4.78 is 25.5. The largest absolute Gasteiger partial charge is 0.216 e. The van der Waals surface area contributed by atoms with E-state index < -0.39 is 10.0 Å². The molecule has 0 spiro atoms. The maximum atomic E-state index is 11.9. The Morgan fingerprint density at radius 3 is 2.29 bits per heavy atom. The number of nitrogens with zero attached hydrogens (tertiary/aromatic N) is 1. The van der Waals surface area contributed by atoms with Gasteiger partial charge in [0.2, 0.25) is 10.0 Å². The first-order valence-electron chi connectivity index (χ1n) is 5.51. The molecule has 2 aliphatic rings. The topological polar surface area (TPSA) is 37.4 Å². The molecule has 1 atom stereocenters. The molecule has 2 rings (SSSR count). The van der Waals surface area contributed by atoms with Gasteiger partial charge in [0.25, 0.3) is 0 Å². The highest BCUT2D eigenvalue weighted by Crippen LogP contribution is 2.34. The highest BCUT2D eigenvalue weighted by molar-refractivity contribution is 7.90. The maximum Gasteiger partial charge on any atom is 0.216 e. The molecule has 0 N–H and O–H groups in total. The number of rotatable bonds is 3. The monoisotopic (exact) mass is 217 g/mol. The summed E-state index contributed by atoms with van der Waals surface area (Å²) in [6.45, 7) is 5.87. The minimum absolute atomic E-state index is 0.0339. The zero-order valence-corrected chi connectivity index (χ0v) is 9.76. The van der Waals surface area contributed by atoms with E-state index in [0.717, 1.165) is 32.4 Å². The first kappa shape index (κ1) is 10.4. The Balaban J connectivity index is 2.01. The molecule has 14 heavy (non-hydrogen) atoms. The van der Waals surface area contributed by atoms with Crippen LogP contribution in [0.3, 0.4) is 0 Å². The van der Waals surface area contributed by atoms with Gasteiger partial charge in [-0.1, -0.05) is 13.8 Å². The lowest BCUT2D eigenvalue weighted by atomic mass is 9.96. The van der Waals surface area contributed by atoms with Crippen LogP contribution in [0.1, 0.15) is 33.1 Å². The van der Waals surface area contributed by atoms with Crippen LogP contribution in [0.2, 0.25) is 0 Å². The molecule has 1 heterocycles. The molecule has 3 nitrogen and oxygen atoms in total. The molecule has 0 bridgehead atoms. The quantitative estimate of drug-likeness (QED) is 0.717. The summed E-state index contributed by atoms with van der Waals surface area (Å²) in [5.74, 6) is 1.18. The van der Waals surface area contributed by atoms with Crippen molar-refractivity contribution in [2.75, 3.05) is 13.1 Å². The SMILES string of the molecule is CC(C)[C@@H]1CCN(S(=O)(=O)C2CC2)C1. The van der Waals surface area contributed by atoms with Crippen LogP contribution >= 0.6 is 0 Å². The fourth-order valence-electron chi connectivity index (χ4n) is 2.11. The third kappa shape index (κ3) is 1.82. The lowest BCUT2D eigenvalue weighted by molar-refractivity contribution is 0.388.